The van der Waals surface area contributed by atoms with Crippen LogP contribution >= 0.6 is 23.2 Å². The van der Waals surface area contributed by atoms with Gasteiger partial charge in [-0.2, -0.15) is 0 Å². The molecule has 96 valence electrons. The van der Waals surface area contributed by atoms with Gasteiger partial charge in [0.2, 0.25) is 0 Å². The van der Waals surface area contributed by atoms with Gasteiger partial charge >= 0.3 is 0 Å². The van der Waals surface area contributed by atoms with E-state index in [9.17, 15) is 0 Å². The molecule has 0 aliphatic carbocycles. The van der Waals surface area contributed by atoms with E-state index >= 15 is 0 Å². The molecule has 0 fully saturated rings. The van der Waals surface area contributed by atoms with E-state index in [2.05, 4.69) is 26.0 Å². The van der Waals surface area contributed by atoms with Gasteiger partial charge in [0.15, 0.2) is 0 Å². The fourth-order valence-electron chi connectivity index (χ4n) is 1.89. The summed E-state index contributed by atoms with van der Waals surface area (Å²) < 4.78 is 5.39. The zero-order valence-electron chi connectivity index (χ0n) is 10.7. The van der Waals surface area contributed by atoms with Gasteiger partial charge in [-0.15, -0.1) is 23.2 Å². The van der Waals surface area contributed by atoms with Crippen molar-refractivity contribution in [2.45, 2.75) is 26.7 Å². The minimum atomic E-state index is -0.0375. The third kappa shape index (κ3) is 3.53. The molecule has 0 radical (unpaired) electrons. The average Bonchev–Trinajstić information content (AvgIpc) is 2.36. The minimum Gasteiger partial charge on any atom is -0.496 e. The summed E-state index contributed by atoms with van der Waals surface area (Å²) in [6, 6.07) is 6.22. The summed E-state index contributed by atoms with van der Waals surface area (Å²) >= 11 is 12.2. The molecule has 0 aliphatic rings. The van der Waals surface area contributed by atoms with Gasteiger partial charge in [-0.3, -0.25) is 0 Å². The molecule has 0 unspecified atom stereocenters. The third-order valence-electron chi connectivity index (χ3n) is 3.32. The van der Waals surface area contributed by atoms with Crippen LogP contribution < -0.4 is 4.74 Å². The molecule has 0 heterocycles. The average molecular weight is 275 g/mol. The van der Waals surface area contributed by atoms with Crippen LogP contribution in [0.2, 0.25) is 0 Å². The standard InChI is InChI=1S/C14H20Cl2O/c1-4-14(9-15,10-16)8-12-7-11(2)5-6-13(12)17-3/h5-7H,4,8-10H2,1-3H3. The summed E-state index contributed by atoms with van der Waals surface area (Å²) in [6.07, 6.45) is 1.83. The Balaban J connectivity index is 3.03. The first-order chi connectivity index (χ1) is 8.10. The van der Waals surface area contributed by atoms with Gasteiger partial charge in [-0.1, -0.05) is 24.6 Å². The van der Waals surface area contributed by atoms with Crippen molar-refractivity contribution >= 4 is 23.2 Å². The first-order valence-corrected chi connectivity index (χ1v) is 6.93. The molecule has 0 spiro atoms. The van der Waals surface area contributed by atoms with Crippen LogP contribution in [0.3, 0.4) is 0 Å². The molecule has 0 N–H and O–H groups in total. The fraction of sp³-hybridized carbons (Fsp3) is 0.571. The van der Waals surface area contributed by atoms with Gasteiger partial charge in [0, 0.05) is 17.2 Å². The quantitative estimate of drug-likeness (QED) is 0.698. The second kappa shape index (κ2) is 6.51. The molecular formula is C14H20Cl2O. The zero-order valence-corrected chi connectivity index (χ0v) is 12.2. The zero-order chi connectivity index (χ0) is 12.9. The van der Waals surface area contributed by atoms with E-state index in [1.54, 1.807) is 7.11 Å². The monoisotopic (exact) mass is 274 g/mol. The molecule has 0 saturated carbocycles. The van der Waals surface area contributed by atoms with Crippen molar-refractivity contribution in [1.29, 1.82) is 0 Å². The lowest BCUT2D eigenvalue weighted by atomic mass is 9.82. The Morgan fingerprint density at radius 2 is 1.88 bits per heavy atom. The van der Waals surface area contributed by atoms with Gasteiger partial charge in [0.05, 0.1) is 7.11 Å². The van der Waals surface area contributed by atoms with E-state index in [-0.39, 0.29) is 5.41 Å². The number of hydrogen-bond acceptors (Lipinski definition) is 1. The van der Waals surface area contributed by atoms with Crippen molar-refractivity contribution in [2.24, 2.45) is 5.41 Å². The van der Waals surface area contributed by atoms with E-state index in [4.69, 9.17) is 27.9 Å². The van der Waals surface area contributed by atoms with Crippen molar-refractivity contribution < 1.29 is 4.74 Å². The van der Waals surface area contributed by atoms with Crippen LogP contribution in [0.15, 0.2) is 18.2 Å². The van der Waals surface area contributed by atoms with Crippen molar-refractivity contribution in [2.75, 3.05) is 18.9 Å². The van der Waals surface area contributed by atoms with Gasteiger partial charge < -0.3 is 4.74 Å². The molecule has 0 aromatic heterocycles. The lowest BCUT2D eigenvalue weighted by Gasteiger charge is -2.29. The van der Waals surface area contributed by atoms with Crippen LogP contribution in [-0.2, 0) is 6.42 Å². The summed E-state index contributed by atoms with van der Waals surface area (Å²) in [4.78, 5) is 0. The topological polar surface area (TPSA) is 9.23 Å². The lowest BCUT2D eigenvalue weighted by molar-refractivity contribution is 0.348. The number of alkyl halides is 2. The van der Waals surface area contributed by atoms with E-state index in [0.29, 0.717) is 11.8 Å². The highest BCUT2D eigenvalue weighted by molar-refractivity contribution is 6.21. The summed E-state index contributed by atoms with van der Waals surface area (Å²) in [5.41, 5.74) is 2.38. The van der Waals surface area contributed by atoms with Crippen LogP contribution in [0.1, 0.15) is 24.5 Å². The Labute approximate surface area is 114 Å². The number of halogens is 2. The summed E-state index contributed by atoms with van der Waals surface area (Å²) in [5.74, 6) is 2.07. The second-order valence-corrected chi connectivity index (χ2v) is 5.15. The maximum Gasteiger partial charge on any atom is 0.122 e. The highest BCUT2D eigenvalue weighted by atomic mass is 35.5. The van der Waals surface area contributed by atoms with Crippen molar-refractivity contribution in [3.63, 3.8) is 0 Å². The molecule has 1 aromatic carbocycles. The number of ether oxygens (including phenoxy) is 1. The molecular weight excluding hydrogens is 255 g/mol. The number of rotatable bonds is 6. The molecule has 0 saturated heterocycles. The highest BCUT2D eigenvalue weighted by Crippen LogP contribution is 2.34. The SMILES string of the molecule is CCC(CCl)(CCl)Cc1cc(C)ccc1OC. The highest BCUT2D eigenvalue weighted by Gasteiger charge is 2.27. The molecule has 0 amide bonds. The van der Waals surface area contributed by atoms with Crippen LogP contribution in [0.5, 0.6) is 5.75 Å². The second-order valence-electron chi connectivity index (χ2n) is 4.61. The van der Waals surface area contributed by atoms with Gasteiger partial charge in [-0.25, -0.2) is 0 Å². The van der Waals surface area contributed by atoms with Crippen molar-refractivity contribution in [3.05, 3.63) is 29.3 Å². The summed E-state index contributed by atoms with van der Waals surface area (Å²) in [7, 11) is 1.70. The predicted molar refractivity (Wildman–Crippen MR) is 75.6 cm³/mol. The largest absolute Gasteiger partial charge is 0.496 e. The van der Waals surface area contributed by atoms with E-state index in [1.165, 1.54) is 11.1 Å². The maximum absolute atomic E-state index is 6.08. The Hall–Kier alpha value is -0.400. The molecule has 17 heavy (non-hydrogen) atoms. The Bertz CT molecular complexity index is 351. The normalized spacial score (nSPS) is 11.6. The first-order valence-electron chi connectivity index (χ1n) is 5.86. The predicted octanol–water partition coefficient (Wildman–Crippen LogP) is 4.42. The Kier molecular flexibility index (Phi) is 5.61. The fourth-order valence-corrected chi connectivity index (χ4v) is 2.75. The van der Waals surface area contributed by atoms with E-state index in [1.807, 2.05) is 6.07 Å². The number of methoxy groups -OCH3 is 1. The van der Waals surface area contributed by atoms with Gasteiger partial charge in [-0.05, 0) is 31.4 Å². The van der Waals surface area contributed by atoms with Crippen molar-refractivity contribution in [3.8, 4) is 5.75 Å². The minimum absolute atomic E-state index is 0.0375. The molecule has 0 aliphatic heterocycles. The van der Waals surface area contributed by atoms with Gasteiger partial charge in [0.25, 0.3) is 0 Å². The van der Waals surface area contributed by atoms with E-state index in [0.717, 1.165) is 18.6 Å². The maximum atomic E-state index is 6.08. The van der Waals surface area contributed by atoms with Crippen LogP contribution in [0, 0.1) is 12.3 Å². The van der Waals surface area contributed by atoms with Crippen LogP contribution in [0.4, 0.5) is 0 Å². The molecule has 0 bridgehead atoms. The third-order valence-corrected chi connectivity index (χ3v) is 4.45. The number of hydrogen-bond donors (Lipinski definition) is 0. The summed E-state index contributed by atoms with van der Waals surface area (Å²) in [6.45, 7) is 4.21. The Morgan fingerprint density at radius 3 is 2.35 bits per heavy atom. The number of benzene rings is 1. The molecule has 3 heteroatoms. The van der Waals surface area contributed by atoms with Crippen LogP contribution in [-0.4, -0.2) is 18.9 Å². The first kappa shape index (κ1) is 14.7. The van der Waals surface area contributed by atoms with E-state index < -0.39 is 0 Å². The molecule has 1 nitrogen and oxygen atoms in total. The van der Waals surface area contributed by atoms with Crippen LogP contribution in [0.25, 0.3) is 0 Å². The number of aryl methyl sites for hydroxylation is 1. The molecule has 1 aromatic rings. The molecule has 0 atom stereocenters. The van der Waals surface area contributed by atoms with Gasteiger partial charge in [0.1, 0.15) is 5.75 Å². The summed E-state index contributed by atoms with van der Waals surface area (Å²) in [5, 5.41) is 0. The van der Waals surface area contributed by atoms with Crippen molar-refractivity contribution in [1.82, 2.24) is 0 Å². The smallest absolute Gasteiger partial charge is 0.122 e. The lowest BCUT2D eigenvalue weighted by Crippen LogP contribution is -2.27. The molecule has 1 rings (SSSR count). The Morgan fingerprint density at radius 1 is 1.24 bits per heavy atom.